The summed E-state index contributed by atoms with van der Waals surface area (Å²) in [6.45, 7) is 5.65. The van der Waals surface area contributed by atoms with Gasteiger partial charge in [0.25, 0.3) is 0 Å². The van der Waals surface area contributed by atoms with Gasteiger partial charge in [0.05, 0.1) is 18.1 Å². The third-order valence-electron chi connectivity index (χ3n) is 4.77. The second kappa shape index (κ2) is 8.70. The number of carbonyl (C=O) groups is 3. The number of nitrogens with zero attached hydrogens (tertiary/aromatic N) is 3. The van der Waals surface area contributed by atoms with Gasteiger partial charge < -0.3 is 19.4 Å². The topological polar surface area (TPSA) is 104 Å². The van der Waals surface area contributed by atoms with Crippen LogP contribution < -0.4 is 0 Å². The Kier molecular flexibility index (Phi) is 6.85. The molecule has 0 radical (unpaired) electrons. The van der Waals surface area contributed by atoms with Crippen LogP contribution in [0.25, 0.3) is 0 Å². The first-order valence-corrected chi connectivity index (χ1v) is 10.8. The molecule has 0 aromatic carbocycles. The highest BCUT2D eigenvalue weighted by Crippen LogP contribution is 2.19. The monoisotopic (exact) mass is 389 g/mol. The van der Waals surface area contributed by atoms with E-state index in [1.807, 2.05) is 0 Å². The minimum absolute atomic E-state index is 0.0288. The van der Waals surface area contributed by atoms with Crippen LogP contribution in [-0.2, 0) is 24.2 Å². The molecule has 0 aromatic heterocycles. The largest absolute Gasteiger partial charge is 0.450 e. The second-order valence-corrected chi connectivity index (χ2v) is 8.71. The van der Waals surface area contributed by atoms with Gasteiger partial charge in [-0.15, -0.1) is 0 Å². The van der Waals surface area contributed by atoms with E-state index in [0.717, 1.165) is 0 Å². The van der Waals surface area contributed by atoms with Gasteiger partial charge in [-0.2, -0.15) is 0 Å². The number of hydrogen-bond donors (Lipinski definition) is 0. The van der Waals surface area contributed by atoms with Crippen molar-refractivity contribution in [1.82, 2.24) is 14.7 Å². The normalized spacial score (nSPS) is 22.2. The molecule has 0 N–H and O–H groups in total. The number of ether oxygens (including phenoxy) is 1. The maximum atomic E-state index is 12.5. The SMILES string of the molecule is CCOC(=O)N1CCN(C(=O)CC(=O)N(CC)C2CCS(=O)(=O)C2)CC1. The van der Waals surface area contributed by atoms with E-state index < -0.39 is 15.9 Å². The van der Waals surface area contributed by atoms with Crippen molar-refractivity contribution in [3.05, 3.63) is 0 Å². The lowest BCUT2D eigenvalue weighted by Gasteiger charge is -2.34. The van der Waals surface area contributed by atoms with E-state index in [9.17, 15) is 22.8 Å². The summed E-state index contributed by atoms with van der Waals surface area (Å²) >= 11 is 0. The predicted octanol–water partition coefficient (Wildman–Crippen LogP) is -0.287. The van der Waals surface area contributed by atoms with Crippen LogP contribution in [0.2, 0.25) is 0 Å². The van der Waals surface area contributed by atoms with Gasteiger partial charge in [-0.05, 0) is 20.3 Å². The summed E-state index contributed by atoms with van der Waals surface area (Å²) < 4.78 is 28.2. The molecule has 0 saturated carbocycles. The number of piperazine rings is 1. The summed E-state index contributed by atoms with van der Waals surface area (Å²) in [4.78, 5) is 41.1. The zero-order valence-corrected chi connectivity index (χ0v) is 16.2. The number of rotatable bonds is 5. The van der Waals surface area contributed by atoms with Gasteiger partial charge >= 0.3 is 6.09 Å². The quantitative estimate of drug-likeness (QED) is 0.599. The van der Waals surface area contributed by atoms with Crippen molar-refractivity contribution >= 4 is 27.7 Å². The van der Waals surface area contributed by atoms with E-state index in [4.69, 9.17) is 4.74 Å². The molecule has 2 aliphatic heterocycles. The van der Waals surface area contributed by atoms with E-state index in [1.54, 1.807) is 18.7 Å². The summed E-state index contributed by atoms with van der Waals surface area (Å²) in [6, 6.07) is -0.342. The first-order valence-electron chi connectivity index (χ1n) is 8.96. The molecule has 2 saturated heterocycles. The van der Waals surface area contributed by atoms with Crippen molar-refractivity contribution in [2.75, 3.05) is 50.8 Å². The van der Waals surface area contributed by atoms with Crippen molar-refractivity contribution in [1.29, 1.82) is 0 Å². The molecular weight excluding hydrogens is 362 g/mol. The molecule has 0 bridgehead atoms. The molecule has 2 aliphatic rings. The van der Waals surface area contributed by atoms with Crippen LogP contribution in [0, 0.1) is 0 Å². The highest BCUT2D eigenvalue weighted by Gasteiger charge is 2.35. The molecular formula is C16H27N3O6S. The van der Waals surface area contributed by atoms with Crippen LogP contribution in [0.15, 0.2) is 0 Å². The molecule has 0 aliphatic carbocycles. The summed E-state index contributed by atoms with van der Waals surface area (Å²) in [5, 5.41) is 0. The lowest BCUT2D eigenvalue weighted by atomic mass is 10.2. The Morgan fingerprint density at radius 1 is 1.08 bits per heavy atom. The Labute approximate surface area is 154 Å². The number of sulfone groups is 1. The third kappa shape index (κ3) is 5.09. The van der Waals surface area contributed by atoms with Gasteiger partial charge in [0.1, 0.15) is 6.42 Å². The number of carbonyl (C=O) groups excluding carboxylic acids is 3. The van der Waals surface area contributed by atoms with Crippen molar-refractivity contribution in [3.8, 4) is 0 Å². The second-order valence-electron chi connectivity index (χ2n) is 6.48. The predicted molar refractivity (Wildman–Crippen MR) is 94.2 cm³/mol. The summed E-state index contributed by atoms with van der Waals surface area (Å²) in [6.07, 6.45) is -0.242. The Hall–Kier alpha value is -1.84. The standard InChI is InChI=1S/C16H27N3O6S/c1-3-19(13-5-10-26(23,24)12-13)15(21)11-14(20)17-6-8-18(9-7-17)16(22)25-4-2/h13H,3-12H2,1-2H3. The van der Waals surface area contributed by atoms with E-state index in [2.05, 4.69) is 0 Å². The fourth-order valence-electron chi connectivity index (χ4n) is 3.36. The van der Waals surface area contributed by atoms with Crippen LogP contribution in [0.1, 0.15) is 26.7 Å². The Balaban J connectivity index is 1.85. The van der Waals surface area contributed by atoms with Crippen molar-refractivity contribution in [3.63, 3.8) is 0 Å². The van der Waals surface area contributed by atoms with Crippen LogP contribution in [0.3, 0.4) is 0 Å². The zero-order chi connectivity index (χ0) is 19.3. The lowest BCUT2D eigenvalue weighted by Crippen LogP contribution is -2.52. The smallest absolute Gasteiger partial charge is 0.409 e. The highest BCUT2D eigenvalue weighted by atomic mass is 32.2. The lowest BCUT2D eigenvalue weighted by molar-refractivity contribution is -0.142. The summed E-state index contributed by atoms with van der Waals surface area (Å²) in [5.41, 5.74) is 0. The maximum absolute atomic E-state index is 12.5. The minimum atomic E-state index is -3.09. The van der Waals surface area contributed by atoms with Gasteiger partial charge in [-0.3, -0.25) is 9.59 Å². The minimum Gasteiger partial charge on any atom is -0.450 e. The molecule has 26 heavy (non-hydrogen) atoms. The van der Waals surface area contributed by atoms with Crippen LogP contribution >= 0.6 is 0 Å². The van der Waals surface area contributed by atoms with E-state index in [1.165, 1.54) is 9.80 Å². The molecule has 2 heterocycles. The molecule has 9 nitrogen and oxygen atoms in total. The van der Waals surface area contributed by atoms with Crippen LogP contribution in [0.5, 0.6) is 0 Å². The summed E-state index contributed by atoms with van der Waals surface area (Å²) in [7, 11) is -3.09. The first kappa shape index (κ1) is 20.5. The van der Waals surface area contributed by atoms with Gasteiger partial charge in [0.15, 0.2) is 9.84 Å². The molecule has 0 aromatic rings. The Morgan fingerprint density at radius 2 is 1.69 bits per heavy atom. The Bertz CT molecular complexity index is 642. The zero-order valence-electron chi connectivity index (χ0n) is 15.3. The molecule has 148 valence electrons. The van der Waals surface area contributed by atoms with Crippen LogP contribution in [0.4, 0.5) is 4.79 Å². The van der Waals surface area contributed by atoms with E-state index >= 15 is 0 Å². The van der Waals surface area contributed by atoms with Gasteiger partial charge in [0, 0.05) is 38.8 Å². The first-order chi connectivity index (χ1) is 12.3. The number of amides is 3. The number of hydrogen-bond acceptors (Lipinski definition) is 6. The summed E-state index contributed by atoms with van der Waals surface area (Å²) in [5.74, 6) is -0.574. The van der Waals surface area contributed by atoms with Crippen molar-refractivity contribution in [2.45, 2.75) is 32.7 Å². The van der Waals surface area contributed by atoms with Gasteiger partial charge in [0.2, 0.25) is 11.8 Å². The molecule has 0 spiro atoms. The average Bonchev–Trinajstić information content (AvgIpc) is 2.95. The van der Waals surface area contributed by atoms with Gasteiger partial charge in [-0.25, -0.2) is 13.2 Å². The molecule has 10 heteroatoms. The third-order valence-corrected chi connectivity index (χ3v) is 6.52. The maximum Gasteiger partial charge on any atom is 0.409 e. The van der Waals surface area contributed by atoms with E-state index in [-0.39, 0.29) is 35.8 Å². The average molecular weight is 389 g/mol. The van der Waals surface area contributed by atoms with Crippen molar-refractivity contribution in [2.24, 2.45) is 0 Å². The van der Waals surface area contributed by atoms with Crippen molar-refractivity contribution < 1.29 is 27.5 Å². The highest BCUT2D eigenvalue weighted by molar-refractivity contribution is 7.91. The van der Waals surface area contributed by atoms with Gasteiger partial charge in [-0.1, -0.05) is 0 Å². The molecule has 1 atom stereocenters. The fourth-order valence-corrected chi connectivity index (χ4v) is 5.09. The molecule has 1 unspecified atom stereocenters. The van der Waals surface area contributed by atoms with E-state index in [0.29, 0.717) is 45.8 Å². The van der Waals surface area contributed by atoms with Crippen LogP contribution in [-0.4, -0.2) is 97.9 Å². The fraction of sp³-hybridized carbons (Fsp3) is 0.812. The molecule has 2 rings (SSSR count). The Morgan fingerprint density at radius 3 is 2.19 bits per heavy atom. The molecule has 2 fully saturated rings. The molecule has 3 amide bonds.